The topological polar surface area (TPSA) is 43.2 Å². The van der Waals surface area contributed by atoms with Crippen LogP contribution in [-0.2, 0) is 13.6 Å². The molecule has 0 aliphatic heterocycles. The van der Waals surface area contributed by atoms with Crippen molar-refractivity contribution in [1.82, 2.24) is 19.7 Å². The van der Waals surface area contributed by atoms with Gasteiger partial charge in [-0.25, -0.2) is 0 Å². The molecule has 2 aromatic rings. The molecule has 0 spiro atoms. The number of nitrogens with zero attached hydrogens (tertiary/aromatic N) is 4. The highest BCUT2D eigenvalue weighted by molar-refractivity contribution is 6.42. The minimum Gasteiger partial charge on any atom is -0.489 e. The SMILES string of the molecule is Cc1nnc(CN(C)CC(C)Oc2ccc(Cl)c(Cl)c2)n1C. The Hall–Kier alpha value is -1.30. The molecule has 7 heteroatoms. The van der Waals surface area contributed by atoms with Crippen LogP contribution in [0.1, 0.15) is 18.6 Å². The molecule has 1 heterocycles. The van der Waals surface area contributed by atoms with Crippen LogP contribution in [0.4, 0.5) is 0 Å². The Bertz CT molecular complexity index is 644. The Kier molecular flexibility index (Phi) is 5.67. The van der Waals surface area contributed by atoms with Crippen LogP contribution in [0.15, 0.2) is 18.2 Å². The molecule has 0 bridgehead atoms. The maximum Gasteiger partial charge on any atom is 0.146 e. The van der Waals surface area contributed by atoms with Gasteiger partial charge in [-0.05, 0) is 33.0 Å². The summed E-state index contributed by atoms with van der Waals surface area (Å²) in [5, 5.41) is 9.25. The molecule has 0 aliphatic rings. The average Bonchev–Trinajstić information content (AvgIpc) is 2.74. The van der Waals surface area contributed by atoms with Crippen molar-refractivity contribution >= 4 is 23.2 Å². The quantitative estimate of drug-likeness (QED) is 0.807. The fourth-order valence-corrected chi connectivity index (χ4v) is 2.44. The van der Waals surface area contributed by atoms with Gasteiger partial charge in [-0.3, -0.25) is 4.90 Å². The summed E-state index contributed by atoms with van der Waals surface area (Å²) in [7, 11) is 3.99. The summed E-state index contributed by atoms with van der Waals surface area (Å²) >= 11 is 11.9. The molecule has 1 atom stereocenters. The highest BCUT2D eigenvalue weighted by Crippen LogP contribution is 2.26. The zero-order valence-electron chi connectivity index (χ0n) is 13.2. The smallest absolute Gasteiger partial charge is 0.146 e. The molecule has 0 aliphatic carbocycles. The number of aryl methyl sites for hydroxylation is 1. The first kappa shape index (κ1) is 17.1. The summed E-state index contributed by atoms with van der Waals surface area (Å²) in [6, 6.07) is 5.28. The third-order valence-corrected chi connectivity index (χ3v) is 4.13. The second-order valence-electron chi connectivity index (χ2n) is 5.42. The van der Waals surface area contributed by atoms with E-state index in [9.17, 15) is 0 Å². The third-order valence-electron chi connectivity index (χ3n) is 3.39. The standard InChI is InChI=1S/C15H20Cl2N4O/c1-10(22-12-5-6-13(16)14(17)7-12)8-20(3)9-15-19-18-11(2)21(15)4/h5-7,10H,8-9H2,1-4H3. The summed E-state index contributed by atoms with van der Waals surface area (Å²) in [5.41, 5.74) is 0. The van der Waals surface area contributed by atoms with Gasteiger partial charge in [-0.2, -0.15) is 0 Å². The molecular weight excluding hydrogens is 323 g/mol. The number of rotatable bonds is 6. The molecule has 0 N–H and O–H groups in total. The molecule has 2 rings (SSSR count). The molecule has 1 aromatic carbocycles. The van der Waals surface area contributed by atoms with Crippen molar-refractivity contribution < 1.29 is 4.74 Å². The summed E-state index contributed by atoms with van der Waals surface area (Å²) in [6.07, 6.45) is 0.0107. The van der Waals surface area contributed by atoms with Gasteiger partial charge in [-0.15, -0.1) is 10.2 Å². The molecule has 1 unspecified atom stereocenters. The van der Waals surface area contributed by atoms with Crippen molar-refractivity contribution in [3.05, 3.63) is 39.9 Å². The lowest BCUT2D eigenvalue weighted by molar-refractivity contribution is 0.156. The van der Waals surface area contributed by atoms with Gasteiger partial charge in [0.15, 0.2) is 0 Å². The Morgan fingerprint density at radius 3 is 2.59 bits per heavy atom. The maximum atomic E-state index is 5.99. The van der Waals surface area contributed by atoms with Gasteiger partial charge in [0.25, 0.3) is 0 Å². The van der Waals surface area contributed by atoms with Gasteiger partial charge in [0.1, 0.15) is 23.5 Å². The predicted octanol–water partition coefficient (Wildman–Crippen LogP) is 3.33. The van der Waals surface area contributed by atoms with Gasteiger partial charge in [0, 0.05) is 19.7 Å². The fraction of sp³-hybridized carbons (Fsp3) is 0.467. The van der Waals surface area contributed by atoms with Crippen molar-refractivity contribution in [2.75, 3.05) is 13.6 Å². The van der Waals surface area contributed by atoms with Crippen LogP contribution < -0.4 is 4.74 Å². The van der Waals surface area contributed by atoms with Gasteiger partial charge in [0.2, 0.25) is 0 Å². The van der Waals surface area contributed by atoms with E-state index in [0.717, 1.165) is 18.2 Å². The molecule has 0 amide bonds. The summed E-state index contributed by atoms with van der Waals surface area (Å²) in [6.45, 7) is 5.42. The highest BCUT2D eigenvalue weighted by atomic mass is 35.5. The second-order valence-corrected chi connectivity index (χ2v) is 6.24. The van der Waals surface area contributed by atoms with E-state index in [1.165, 1.54) is 0 Å². The van der Waals surface area contributed by atoms with Gasteiger partial charge in [-0.1, -0.05) is 23.2 Å². The first-order valence-electron chi connectivity index (χ1n) is 7.02. The second kappa shape index (κ2) is 7.31. The Labute approximate surface area is 140 Å². The number of aromatic nitrogens is 3. The minimum atomic E-state index is 0.0107. The average molecular weight is 343 g/mol. The van der Waals surface area contributed by atoms with Crippen molar-refractivity contribution in [3.8, 4) is 5.75 Å². The van der Waals surface area contributed by atoms with Gasteiger partial charge < -0.3 is 9.30 Å². The number of likely N-dealkylation sites (N-methyl/N-ethyl adjacent to an activating group) is 1. The molecule has 22 heavy (non-hydrogen) atoms. The highest BCUT2D eigenvalue weighted by Gasteiger charge is 2.12. The number of ether oxygens (including phenoxy) is 1. The lowest BCUT2D eigenvalue weighted by Crippen LogP contribution is -2.31. The minimum absolute atomic E-state index is 0.0107. The van der Waals surface area contributed by atoms with E-state index >= 15 is 0 Å². The molecule has 1 aromatic heterocycles. The predicted molar refractivity (Wildman–Crippen MR) is 88.6 cm³/mol. The number of hydrogen-bond donors (Lipinski definition) is 0. The summed E-state index contributed by atoms with van der Waals surface area (Å²) < 4.78 is 7.85. The molecule has 0 saturated heterocycles. The van der Waals surface area contributed by atoms with Gasteiger partial charge >= 0.3 is 0 Å². The summed E-state index contributed by atoms with van der Waals surface area (Å²) in [4.78, 5) is 2.14. The van der Waals surface area contributed by atoms with Crippen molar-refractivity contribution in [1.29, 1.82) is 0 Å². The van der Waals surface area contributed by atoms with Crippen LogP contribution >= 0.6 is 23.2 Å². The summed E-state index contributed by atoms with van der Waals surface area (Å²) in [5.74, 6) is 2.55. The molecule has 0 radical (unpaired) electrons. The fourth-order valence-electron chi connectivity index (χ4n) is 2.15. The first-order chi connectivity index (χ1) is 10.4. The maximum absolute atomic E-state index is 5.99. The van der Waals surface area contributed by atoms with Crippen LogP contribution in [0.25, 0.3) is 0 Å². The molecule has 120 valence electrons. The molecule has 0 fully saturated rings. The van der Waals surface area contributed by atoms with E-state index in [0.29, 0.717) is 22.3 Å². The van der Waals surface area contributed by atoms with Gasteiger partial charge in [0.05, 0.1) is 16.6 Å². The van der Waals surface area contributed by atoms with E-state index in [1.807, 2.05) is 38.6 Å². The Balaban J connectivity index is 1.89. The van der Waals surface area contributed by atoms with Crippen molar-refractivity contribution in [2.24, 2.45) is 7.05 Å². The van der Waals surface area contributed by atoms with E-state index in [2.05, 4.69) is 15.1 Å². The largest absolute Gasteiger partial charge is 0.489 e. The van der Waals surface area contributed by atoms with E-state index in [1.54, 1.807) is 12.1 Å². The number of benzene rings is 1. The van der Waals surface area contributed by atoms with Crippen LogP contribution in [0.5, 0.6) is 5.75 Å². The van der Waals surface area contributed by atoms with E-state index < -0.39 is 0 Å². The molecular formula is C15H20Cl2N4O. The normalized spacial score (nSPS) is 12.7. The van der Waals surface area contributed by atoms with Crippen molar-refractivity contribution in [3.63, 3.8) is 0 Å². The van der Waals surface area contributed by atoms with Crippen LogP contribution in [0.3, 0.4) is 0 Å². The molecule has 0 saturated carbocycles. The van der Waals surface area contributed by atoms with Crippen LogP contribution in [0.2, 0.25) is 10.0 Å². The monoisotopic (exact) mass is 342 g/mol. The third kappa shape index (κ3) is 4.35. The number of halogens is 2. The molecule has 5 nitrogen and oxygen atoms in total. The Morgan fingerprint density at radius 2 is 2.00 bits per heavy atom. The lowest BCUT2D eigenvalue weighted by atomic mass is 10.3. The zero-order valence-corrected chi connectivity index (χ0v) is 14.7. The Morgan fingerprint density at radius 1 is 1.27 bits per heavy atom. The number of hydrogen-bond acceptors (Lipinski definition) is 4. The van der Waals surface area contributed by atoms with Crippen molar-refractivity contribution in [2.45, 2.75) is 26.5 Å². The van der Waals surface area contributed by atoms with E-state index in [4.69, 9.17) is 27.9 Å². The van der Waals surface area contributed by atoms with Crippen LogP contribution in [-0.4, -0.2) is 39.4 Å². The van der Waals surface area contributed by atoms with E-state index in [-0.39, 0.29) is 6.10 Å². The zero-order chi connectivity index (χ0) is 16.3. The lowest BCUT2D eigenvalue weighted by Gasteiger charge is -2.22. The van der Waals surface area contributed by atoms with Crippen LogP contribution in [0, 0.1) is 6.92 Å². The first-order valence-corrected chi connectivity index (χ1v) is 7.77.